The van der Waals surface area contributed by atoms with Crippen molar-refractivity contribution in [3.8, 4) is 0 Å². The Bertz CT molecular complexity index is 1460. The van der Waals surface area contributed by atoms with Crippen molar-refractivity contribution in [2.24, 2.45) is 23.7 Å². The molecule has 0 N–H and O–H groups in total. The lowest BCUT2D eigenvalue weighted by Gasteiger charge is -2.59. The number of rotatable bonds is 9. The molecule has 2 aliphatic heterocycles. The molecule has 3 unspecified atom stereocenters. The molecule has 0 aromatic carbocycles. The van der Waals surface area contributed by atoms with E-state index in [9.17, 15) is 0 Å². The summed E-state index contributed by atoms with van der Waals surface area (Å²) in [4.78, 5) is 20.6. The zero-order valence-corrected chi connectivity index (χ0v) is 31.7. The third-order valence-corrected chi connectivity index (χ3v) is 20.5. The van der Waals surface area contributed by atoms with Crippen molar-refractivity contribution in [2.45, 2.75) is 160 Å². The maximum Gasteiger partial charge on any atom is 0.497 e. The van der Waals surface area contributed by atoms with E-state index in [0.717, 1.165) is 73.6 Å². The van der Waals surface area contributed by atoms with E-state index in [1.165, 1.54) is 6.42 Å². The summed E-state index contributed by atoms with van der Waals surface area (Å²) in [6.07, 6.45) is 12.7. The second-order valence-corrected chi connectivity index (χ2v) is 23.6. The molecule has 7 nitrogen and oxygen atoms in total. The van der Waals surface area contributed by atoms with Gasteiger partial charge in [0.25, 0.3) is 0 Å². The van der Waals surface area contributed by atoms with Gasteiger partial charge in [0.05, 0.1) is 16.8 Å². The minimum Gasteiger partial charge on any atom is -0.399 e. The first-order valence-electron chi connectivity index (χ1n) is 18.8. The van der Waals surface area contributed by atoms with E-state index < -0.39 is 26.6 Å². The molecule has 47 heavy (non-hydrogen) atoms. The fraction of sp³-hybridized carbons (Fsp3) is 0.789. The predicted octanol–water partition coefficient (Wildman–Crippen LogP) is 8.28. The van der Waals surface area contributed by atoms with Crippen molar-refractivity contribution in [1.29, 1.82) is 0 Å². The number of hydrogen-bond donors (Lipinski definition) is 0. The van der Waals surface area contributed by atoms with Crippen LogP contribution in [-0.4, -0.2) is 60.1 Å². The highest BCUT2D eigenvalue weighted by Crippen LogP contribution is 2.61. The summed E-state index contributed by atoms with van der Waals surface area (Å²) >= 11 is 0. The molecule has 4 heterocycles. The molecule has 0 spiro atoms. The average Bonchev–Trinajstić information content (AvgIpc) is 3.48. The molecule has 8 rings (SSSR count). The van der Waals surface area contributed by atoms with Gasteiger partial charge in [0.1, 0.15) is 5.65 Å². The molecule has 0 radical (unpaired) electrons. The van der Waals surface area contributed by atoms with Crippen LogP contribution in [0.15, 0.2) is 18.5 Å². The first kappa shape index (κ1) is 34.0. The Morgan fingerprint density at radius 1 is 0.957 bits per heavy atom. The van der Waals surface area contributed by atoms with Gasteiger partial charge in [-0.3, -0.25) is 4.79 Å². The average molecular weight is 663 g/mol. The molecule has 6 aliphatic rings. The van der Waals surface area contributed by atoms with Crippen LogP contribution in [0, 0.1) is 23.7 Å². The van der Waals surface area contributed by atoms with Crippen molar-refractivity contribution >= 4 is 37.6 Å². The van der Waals surface area contributed by atoms with Crippen LogP contribution in [0.2, 0.25) is 16.6 Å². The van der Waals surface area contributed by atoms with Crippen LogP contribution < -0.4 is 5.46 Å². The normalized spacial score (nSPS) is 33.2. The standard InChI is InChI=1S/C38H59BN2O5Si/c1-23(2)47(24(3)4,25(5)6)41-15-14-29-33(30(22-40-35(29)41)39-45-36(7,8)37(9,10)46-39)34(42)32-27-17-26-18-28(32)21-38(19-26,20-27)44-31-13-11-12-16-43-31/h14-15,22-28,31-32H,11-13,16-21H2,1-10H3/t26?,27-,28?,31?,32-,38+/m1/s1. The van der Waals surface area contributed by atoms with Crippen molar-refractivity contribution in [3.05, 3.63) is 24.0 Å². The van der Waals surface area contributed by atoms with Gasteiger partial charge in [-0.15, -0.1) is 0 Å². The molecule has 258 valence electrons. The molecule has 6 fully saturated rings. The number of pyridine rings is 1. The summed E-state index contributed by atoms with van der Waals surface area (Å²) in [5.74, 6) is 1.53. The summed E-state index contributed by atoms with van der Waals surface area (Å²) in [5, 5.41) is 0.969. The third kappa shape index (κ3) is 5.26. The highest BCUT2D eigenvalue weighted by atomic mass is 28.3. The van der Waals surface area contributed by atoms with Crippen LogP contribution in [0.5, 0.6) is 0 Å². The lowest BCUT2D eigenvalue weighted by molar-refractivity contribution is -0.269. The van der Waals surface area contributed by atoms with E-state index in [1.807, 2.05) is 6.20 Å². The maximum absolute atomic E-state index is 15.4. The van der Waals surface area contributed by atoms with Crippen molar-refractivity contribution in [2.75, 3.05) is 6.61 Å². The highest BCUT2D eigenvalue weighted by Gasteiger charge is 2.60. The number of hydrogen-bond acceptors (Lipinski definition) is 6. The van der Waals surface area contributed by atoms with E-state index in [-0.39, 0.29) is 23.6 Å². The minimum absolute atomic E-state index is 0.0204. The topological polar surface area (TPSA) is 71.8 Å². The molecule has 4 saturated carbocycles. The molecular weight excluding hydrogens is 603 g/mol. The molecule has 2 saturated heterocycles. The second kappa shape index (κ2) is 11.8. The first-order chi connectivity index (χ1) is 22.1. The van der Waals surface area contributed by atoms with Gasteiger partial charge < -0.3 is 23.0 Å². The van der Waals surface area contributed by atoms with Gasteiger partial charge in [-0.05, 0) is 126 Å². The Morgan fingerprint density at radius 3 is 2.13 bits per heavy atom. The van der Waals surface area contributed by atoms with Gasteiger partial charge in [-0.1, -0.05) is 41.5 Å². The van der Waals surface area contributed by atoms with Crippen LogP contribution in [0.3, 0.4) is 0 Å². The van der Waals surface area contributed by atoms with Gasteiger partial charge in [0.2, 0.25) is 0 Å². The maximum atomic E-state index is 15.4. The lowest BCUT2D eigenvalue weighted by atomic mass is 9.48. The van der Waals surface area contributed by atoms with E-state index >= 15 is 4.79 Å². The van der Waals surface area contributed by atoms with Crippen LogP contribution in [0.1, 0.15) is 131 Å². The smallest absolute Gasteiger partial charge is 0.399 e. The fourth-order valence-corrected chi connectivity index (χ4v) is 18.0. The summed E-state index contributed by atoms with van der Waals surface area (Å²) in [7, 11) is -2.76. The predicted molar refractivity (Wildman–Crippen MR) is 191 cm³/mol. The Morgan fingerprint density at radius 2 is 1.57 bits per heavy atom. The number of carbonyl (C=O) groups is 1. The van der Waals surface area contributed by atoms with E-state index in [0.29, 0.717) is 34.4 Å². The molecular formula is C38H59BN2O5Si. The molecule has 9 heteroatoms. The van der Waals surface area contributed by atoms with Gasteiger partial charge in [-0.2, -0.15) is 0 Å². The Hall–Kier alpha value is -1.52. The fourth-order valence-electron chi connectivity index (χ4n) is 11.4. The Kier molecular flexibility index (Phi) is 8.51. The minimum atomic E-state index is -2.11. The molecule has 4 bridgehead atoms. The second-order valence-electron chi connectivity index (χ2n) is 17.9. The molecule has 0 amide bonds. The lowest BCUT2D eigenvalue weighted by Crippen LogP contribution is -2.59. The zero-order valence-electron chi connectivity index (χ0n) is 30.7. The summed E-state index contributed by atoms with van der Waals surface area (Å²) < 4.78 is 28.8. The Balaban J connectivity index is 1.32. The third-order valence-electron chi connectivity index (χ3n) is 13.7. The number of Topliss-reactive ketones (excluding diaryl/α,β-unsaturated/α-hetero) is 1. The number of fused-ring (bicyclic) bond motifs is 1. The zero-order chi connectivity index (χ0) is 33.7. The van der Waals surface area contributed by atoms with Crippen LogP contribution in [0.4, 0.5) is 0 Å². The van der Waals surface area contributed by atoms with Crippen LogP contribution in [0.25, 0.3) is 11.0 Å². The number of aromatic nitrogens is 2. The molecule has 4 aliphatic carbocycles. The van der Waals surface area contributed by atoms with Crippen LogP contribution >= 0.6 is 0 Å². The molecule has 6 atom stereocenters. The summed E-state index contributed by atoms with van der Waals surface area (Å²) in [6.45, 7) is 23.4. The monoisotopic (exact) mass is 662 g/mol. The molecule has 2 aromatic heterocycles. The Labute approximate surface area is 284 Å². The van der Waals surface area contributed by atoms with Gasteiger partial charge in [0.15, 0.2) is 20.3 Å². The molecule has 2 aromatic rings. The van der Waals surface area contributed by atoms with Crippen molar-refractivity contribution < 1.29 is 23.6 Å². The van der Waals surface area contributed by atoms with Gasteiger partial charge >= 0.3 is 7.12 Å². The van der Waals surface area contributed by atoms with Gasteiger partial charge in [-0.25, -0.2) is 4.98 Å². The van der Waals surface area contributed by atoms with Crippen molar-refractivity contribution in [3.63, 3.8) is 0 Å². The number of nitrogens with zero attached hydrogens (tertiary/aromatic N) is 2. The van der Waals surface area contributed by atoms with Crippen LogP contribution in [-0.2, 0) is 18.8 Å². The summed E-state index contributed by atoms with van der Waals surface area (Å²) in [6, 6.07) is 2.19. The van der Waals surface area contributed by atoms with Crippen molar-refractivity contribution in [1.82, 2.24) is 9.22 Å². The number of ether oxygens (including phenoxy) is 2. The van der Waals surface area contributed by atoms with E-state index in [4.69, 9.17) is 23.8 Å². The SMILES string of the molecule is CC(C)[Si](C(C)C)(C(C)C)n1ccc2c(C(=O)[C@H]3C4CC5C[C@@H]3C[C@@](OC3CCCCO3)(C5)C4)c(B3OC(C)(C)C(C)(C)O3)cnc21. The first-order valence-corrected chi connectivity index (χ1v) is 21.0. The largest absolute Gasteiger partial charge is 0.497 e. The highest BCUT2D eigenvalue weighted by molar-refractivity contribution is 6.82. The van der Waals surface area contributed by atoms with E-state index in [1.54, 1.807) is 0 Å². The number of carbonyl (C=O) groups excluding carboxylic acids is 1. The van der Waals surface area contributed by atoms with Gasteiger partial charge in [0, 0.05) is 35.1 Å². The van der Waals surface area contributed by atoms with E-state index in [2.05, 4.69) is 85.7 Å². The number of ketones is 1. The quantitative estimate of drug-likeness (QED) is 0.199. The summed E-state index contributed by atoms with van der Waals surface area (Å²) in [5.41, 5.74) is 2.89.